The molecular weight excluding hydrogens is 398 g/mol. The van der Waals surface area contributed by atoms with E-state index in [1.807, 2.05) is 36.2 Å². The minimum Gasteiger partial charge on any atom is -0.454 e. The molecule has 0 saturated carbocycles. The van der Waals surface area contributed by atoms with Gasteiger partial charge in [-0.25, -0.2) is 4.98 Å². The molecule has 1 saturated heterocycles. The Balaban J connectivity index is 1.14. The number of fused-ring (bicyclic) bond motifs is 2. The SMILES string of the molecule is CN(CC(=O)N1CCC(c2nc3ccccc3s2)CC1)Cc1ccc2c(c1)OCO2. The third-order valence-corrected chi connectivity index (χ3v) is 7.00. The summed E-state index contributed by atoms with van der Waals surface area (Å²) < 4.78 is 12.0. The van der Waals surface area contributed by atoms with E-state index in [1.54, 1.807) is 11.3 Å². The number of piperidine rings is 1. The summed E-state index contributed by atoms with van der Waals surface area (Å²) in [4.78, 5) is 21.7. The molecule has 7 heteroatoms. The highest BCUT2D eigenvalue weighted by Crippen LogP contribution is 2.34. The smallest absolute Gasteiger partial charge is 0.236 e. The Kier molecular flexibility index (Phi) is 5.31. The third kappa shape index (κ3) is 4.00. The van der Waals surface area contributed by atoms with Gasteiger partial charge in [0.05, 0.1) is 21.8 Å². The summed E-state index contributed by atoms with van der Waals surface area (Å²) in [5, 5.41) is 1.21. The van der Waals surface area contributed by atoms with Gasteiger partial charge in [0.1, 0.15) is 0 Å². The summed E-state index contributed by atoms with van der Waals surface area (Å²) in [5.41, 5.74) is 2.20. The zero-order valence-electron chi connectivity index (χ0n) is 17.0. The first-order chi connectivity index (χ1) is 14.7. The summed E-state index contributed by atoms with van der Waals surface area (Å²) in [7, 11) is 1.98. The zero-order chi connectivity index (χ0) is 20.5. The van der Waals surface area contributed by atoms with Crippen LogP contribution in [0.3, 0.4) is 0 Å². The molecule has 3 aromatic rings. The largest absolute Gasteiger partial charge is 0.454 e. The van der Waals surface area contributed by atoms with Gasteiger partial charge in [-0.1, -0.05) is 18.2 Å². The lowest BCUT2D eigenvalue weighted by atomic mass is 9.97. The van der Waals surface area contributed by atoms with Crippen LogP contribution in [0.2, 0.25) is 0 Å². The van der Waals surface area contributed by atoms with Crippen LogP contribution in [0, 0.1) is 0 Å². The predicted octanol–water partition coefficient (Wildman–Crippen LogP) is 3.86. The van der Waals surface area contributed by atoms with Crippen LogP contribution in [0.15, 0.2) is 42.5 Å². The van der Waals surface area contributed by atoms with Crippen molar-refractivity contribution in [1.82, 2.24) is 14.8 Å². The first-order valence-corrected chi connectivity index (χ1v) is 11.2. The minimum atomic E-state index is 0.195. The van der Waals surface area contributed by atoms with E-state index in [2.05, 4.69) is 23.1 Å². The maximum absolute atomic E-state index is 12.8. The van der Waals surface area contributed by atoms with E-state index in [1.165, 1.54) is 9.71 Å². The molecule has 0 N–H and O–H groups in total. The minimum absolute atomic E-state index is 0.195. The van der Waals surface area contributed by atoms with Crippen molar-refractivity contribution in [3.63, 3.8) is 0 Å². The van der Waals surface area contributed by atoms with E-state index < -0.39 is 0 Å². The van der Waals surface area contributed by atoms with Crippen molar-refractivity contribution in [3.05, 3.63) is 53.0 Å². The summed E-state index contributed by atoms with van der Waals surface area (Å²) in [5.74, 6) is 2.22. The molecule has 30 heavy (non-hydrogen) atoms. The van der Waals surface area contributed by atoms with Crippen LogP contribution in [0.25, 0.3) is 10.2 Å². The van der Waals surface area contributed by atoms with Crippen LogP contribution in [0.1, 0.15) is 29.3 Å². The van der Waals surface area contributed by atoms with Crippen LogP contribution in [0.5, 0.6) is 11.5 Å². The molecule has 1 aromatic heterocycles. The first kappa shape index (κ1) is 19.3. The molecule has 1 amide bonds. The normalized spacial score (nSPS) is 16.5. The van der Waals surface area contributed by atoms with Crippen molar-refractivity contribution >= 4 is 27.5 Å². The molecule has 1 fully saturated rings. The summed E-state index contributed by atoms with van der Waals surface area (Å²) in [6.07, 6.45) is 1.97. The average molecular weight is 424 g/mol. The van der Waals surface area contributed by atoms with Crippen LogP contribution in [-0.2, 0) is 11.3 Å². The second-order valence-corrected chi connectivity index (χ2v) is 9.10. The molecule has 0 radical (unpaired) electrons. The van der Waals surface area contributed by atoms with E-state index in [4.69, 9.17) is 14.5 Å². The number of benzene rings is 2. The molecule has 0 unspecified atom stereocenters. The van der Waals surface area contributed by atoms with E-state index in [-0.39, 0.29) is 12.7 Å². The van der Waals surface area contributed by atoms with Gasteiger partial charge in [0.25, 0.3) is 0 Å². The van der Waals surface area contributed by atoms with Crippen molar-refractivity contribution in [3.8, 4) is 11.5 Å². The Labute approximate surface area is 180 Å². The molecule has 2 aliphatic heterocycles. The Morgan fingerprint density at radius 1 is 1.17 bits per heavy atom. The van der Waals surface area contributed by atoms with Gasteiger partial charge in [-0.2, -0.15) is 0 Å². The number of hydrogen-bond donors (Lipinski definition) is 0. The van der Waals surface area contributed by atoms with Gasteiger partial charge in [-0.3, -0.25) is 9.69 Å². The number of thiazole rings is 1. The highest BCUT2D eigenvalue weighted by Gasteiger charge is 2.26. The van der Waals surface area contributed by atoms with Crippen LogP contribution in [0.4, 0.5) is 0 Å². The predicted molar refractivity (Wildman–Crippen MR) is 117 cm³/mol. The number of para-hydroxylation sites is 1. The third-order valence-electron chi connectivity index (χ3n) is 5.80. The molecule has 0 bridgehead atoms. The van der Waals surface area contributed by atoms with Crippen molar-refractivity contribution in [2.75, 3.05) is 33.5 Å². The maximum Gasteiger partial charge on any atom is 0.236 e. The zero-order valence-corrected chi connectivity index (χ0v) is 17.9. The lowest BCUT2D eigenvalue weighted by Gasteiger charge is -2.32. The van der Waals surface area contributed by atoms with Crippen LogP contribution < -0.4 is 9.47 Å². The number of ether oxygens (including phenoxy) is 2. The Morgan fingerprint density at radius 2 is 1.97 bits per heavy atom. The summed E-state index contributed by atoms with van der Waals surface area (Å²) in [6.45, 7) is 3.00. The quantitative estimate of drug-likeness (QED) is 0.624. The van der Waals surface area contributed by atoms with E-state index in [0.29, 0.717) is 19.0 Å². The lowest BCUT2D eigenvalue weighted by molar-refractivity contribution is -0.133. The fourth-order valence-electron chi connectivity index (χ4n) is 4.18. The van der Waals surface area contributed by atoms with Gasteiger partial charge in [-0.15, -0.1) is 11.3 Å². The number of amides is 1. The summed E-state index contributed by atoms with van der Waals surface area (Å²) in [6, 6.07) is 14.2. The molecular formula is C23H25N3O3S. The van der Waals surface area contributed by atoms with E-state index in [0.717, 1.165) is 48.5 Å². The average Bonchev–Trinajstić information content (AvgIpc) is 3.40. The molecule has 5 rings (SSSR count). The van der Waals surface area contributed by atoms with Gasteiger partial charge in [-0.05, 0) is 49.7 Å². The molecule has 3 heterocycles. The highest BCUT2D eigenvalue weighted by molar-refractivity contribution is 7.18. The van der Waals surface area contributed by atoms with Gasteiger partial charge in [0.2, 0.25) is 12.7 Å². The van der Waals surface area contributed by atoms with Gasteiger partial charge in [0.15, 0.2) is 11.5 Å². The monoisotopic (exact) mass is 423 g/mol. The number of hydrogen-bond acceptors (Lipinski definition) is 6. The van der Waals surface area contributed by atoms with Gasteiger partial charge < -0.3 is 14.4 Å². The van der Waals surface area contributed by atoms with Crippen molar-refractivity contribution in [2.45, 2.75) is 25.3 Å². The molecule has 0 atom stereocenters. The second kappa shape index (κ2) is 8.24. The number of likely N-dealkylation sites (N-methyl/N-ethyl adjacent to an activating group) is 1. The van der Waals surface area contributed by atoms with Crippen LogP contribution >= 0.6 is 11.3 Å². The van der Waals surface area contributed by atoms with Crippen LogP contribution in [-0.4, -0.2) is 54.2 Å². The number of aromatic nitrogens is 1. The van der Waals surface area contributed by atoms with Gasteiger partial charge in [0, 0.05) is 25.6 Å². The second-order valence-electron chi connectivity index (χ2n) is 8.03. The molecule has 2 aliphatic rings. The molecule has 0 spiro atoms. The molecule has 156 valence electrons. The number of carbonyl (C=O) groups excluding carboxylic acids is 1. The Hall–Kier alpha value is -2.64. The van der Waals surface area contributed by atoms with Crippen molar-refractivity contribution in [1.29, 1.82) is 0 Å². The number of nitrogens with zero attached hydrogens (tertiary/aromatic N) is 3. The molecule has 2 aromatic carbocycles. The summed E-state index contributed by atoms with van der Waals surface area (Å²) >= 11 is 1.79. The fourth-order valence-corrected chi connectivity index (χ4v) is 5.31. The topological polar surface area (TPSA) is 54.9 Å². The standard InChI is InChI=1S/C23H25N3O3S/c1-25(13-16-6-7-19-20(12-16)29-15-28-19)14-22(27)26-10-8-17(9-11-26)23-24-18-4-2-3-5-21(18)30-23/h2-7,12,17H,8-11,13-15H2,1H3. The molecule has 6 nitrogen and oxygen atoms in total. The number of carbonyl (C=O) groups is 1. The molecule has 0 aliphatic carbocycles. The lowest BCUT2D eigenvalue weighted by Crippen LogP contribution is -2.42. The van der Waals surface area contributed by atoms with Gasteiger partial charge >= 0.3 is 0 Å². The van der Waals surface area contributed by atoms with E-state index in [9.17, 15) is 4.79 Å². The van der Waals surface area contributed by atoms with E-state index >= 15 is 0 Å². The van der Waals surface area contributed by atoms with Crippen molar-refractivity contribution < 1.29 is 14.3 Å². The van der Waals surface area contributed by atoms with Crippen molar-refractivity contribution in [2.24, 2.45) is 0 Å². The number of likely N-dealkylation sites (tertiary alicyclic amines) is 1. The number of rotatable bonds is 5. The Morgan fingerprint density at radius 3 is 2.80 bits per heavy atom. The maximum atomic E-state index is 12.8. The Bertz CT molecular complexity index is 1030. The highest BCUT2D eigenvalue weighted by atomic mass is 32.1. The first-order valence-electron chi connectivity index (χ1n) is 10.4. The fraction of sp³-hybridized carbons (Fsp3) is 0.391.